The SMILES string of the molecule is CCCCCOc1ccc(C(C)NC(=O)CCc2c(C)c3c(C)nn(C)c3[nH]c2=O)cc1OC. The molecule has 0 saturated carbocycles. The molecule has 8 heteroatoms. The van der Waals surface area contributed by atoms with E-state index in [0.29, 0.717) is 35.7 Å². The van der Waals surface area contributed by atoms with Gasteiger partial charge in [-0.25, -0.2) is 0 Å². The van der Waals surface area contributed by atoms with Gasteiger partial charge < -0.3 is 19.8 Å². The van der Waals surface area contributed by atoms with Crippen molar-refractivity contribution < 1.29 is 14.3 Å². The number of rotatable bonds is 11. The first kappa shape index (κ1) is 25.3. The van der Waals surface area contributed by atoms with Crippen molar-refractivity contribution in [2.45, 2.75) is 65.8 Å². The molecule has 184 valence electrons. The number of ether oxygens (including phenoxy) is 2. The maximum atomic E-state index is 12.7. The molecule has 0 aliphatic rings. The van der Waals surface area contributed by atoms with E-state index in [-0.39, 0.29) is 23.9 Å². The molecule has 8 nitrogen and oxygen atoms in total. The first-order valence-corrected chi connectivity index (χ1v) is 11.9. The number of carbonyl (C=O) groups is 1. The van der Waals surface area contributed by atoms with Crippen LogP contribution in [0.5, 0.6) is 11.5 Å². The molecular weight excluding hydrogens is 432 g/mol. The highest BCUT2D eigenvalue weighted by atomic mass is 16.5. The van der Waals surface area contributed by atoms with E-state index in [9.17, 15) is 9.59 Å². The van der Waals surface area contributed by atoms with Gasteiger partial charge in [-0.3, -0.25) is 14.3 Å². The van der Waals surface area contributed by atoms with Gasteiger partial charge in [-0.1, -0.05) is 25.8 Å². The highest BCUT2D eigenvalue weighted by Gasteiger charge is 2.17. The lowest BCUT2D eigenvalue weighted by Gasteiger charge is -2.17. The van der Waals surface area contributed by atoms with Crippen LogP contribution in [0.15, 0.2) is 23.0 Å². The van der Waals surface area contributed by atoms with Crippen molar-refractivity contribution in [1.29, 1.82) is 0 Å². The van der Waals surface area contributed by atoms with Crippen molar-refractivity contribution in [3.63, 3.8) is 0 Å². The second-order valence-corrected chi connectivity index (χ2v) is 8.75. The van der Waals surface area contributed by atoms with Gasteiger partial charge in [-0.2, -0.15) is 5.10 Å². The number of aromatic nitrogens is 3. The van der Waals surface area contributed by atoms with Crippen LogP contribution in [0, 0.1) is 13.8 Å². The summed E-state index contributed by atoms with van der Waals surface area (Å²) in [5.41, 5.74) is 3.81. The van der Waals surface area contributed by atoms with Crippen LogP contribution in [-0.4, -0.2) is 34.4 Å². The summed E-state index contributed by atoms with van der Waals surface area (Å²) < 4.78 is 13.0. The molecular formula is C26H36N4O4. The summed E-state index contributed by atoms with van der Waals surface area (Å²) in [7, 11) is 3.42. The molecule has 3 rings (SSSR count). The quantitative estimate of drug-likeness (QED) is 0.410. The summed E-state index contributed by atoms with van der Waals surface area (Å²) in [6.07, 6.45) is 3.85. The Balaban J connectivity index is 1.64. The van der Waals surface area contributed by atoms with E-state index in [4.69, 9.17) is 9.47 Å². The number of nitrogens with zero attached hydrogens (tertiary/aromatic N) is 2. The van der Waals surface area contributed by atoms with E-state index >= 15 is 0 Å². The molecule has 1 atom stereocenters. The highest BCUT2D eigenvalue weighted by Crippen LogP contribution is 2.30. The van der Waals surface area contributed by atoms with Gasteiger partial charge in [-0.15, -0.1) is 0 Å². The fraction of sp³-hybridized carbons (Fsp3) is 0.500. The topological polar surface area (TPSA) is 98.2 Å². The van der Waals surface area contributed by atoms with Crippen LogP contribution < -0.4 is 20.3 Å². The fourth-order valence-corrected chi connectivity index (χ4v) is 4.30. The molecule has 3 aromatic rings. The van der Waals surface area contributed by atoms with Gasteiger partial charge in [0.2, 0.25) is 5.91 Å². The van der Waals surface area contributed by atoms with Crippen molar-refractivity contribution in [1.82, 2.24) is 20.1 Å². The Labute approximate surface area is 200 Å². The molecule has 0 fully saturated rings. The summed E-state index contributed by atoms with van der Waals surface area (Å²) >= 11 is 0. The molecule has 2 N–H and O–H groups in total. The zero-order valence-electron chi connectivity index (χ0n) is 21.1. The lowest BCUT2D eigenvalue weighted by atomic mass is 10.0. The number of amides is 1. The molecule has 0 aliphatic carbocycles. The van der Waals surface area contributed by atoms with E-state index in [1.54, 1.807) is 18.8 Å². The minimum atomic E-state index is -0.210. The second-order valence-electron chi connectivity index (χ2n) is 8.75. The molecule has 0 aliphatic heterocycles. The molecule has 0 saturated heterocycles. The van der Waals surface area contributed by atoms with E-state index in [2.05, 4.69) is 22.3 Å². The highest BCUT2D eigenvalue weighted by molar-refractivity contribution is 5.83. The van der Waals surface area contributed by atoms with E-state index in [1.807, 2.05) is 39.0 Å². The van der Waals surface area contributed by atoms with E-state index in [1.165, 1.54) is 0 Å². The maximum absolute atomic E-state index is 12.7. The Morgan fingerprint density at radius 1 is 1.24 bits per heavy atom. The van der Waals surface area contributed by atoms with Crippen LogP contribution in [0.1, 0.15) is 68.0 Å². The first-order chi connectivity index (χ1) is 16.3. The van der Waals surface area contributed by atoms with E-state index in [0.717, 1.165) is 41.5 Å². The normalized spacial score (nSPS) is 12.1. The number of methoxy groups -OCH3 is 1. The smallest absolute Gasteiger partial charge is 0.253 e. The molecule has 2 heterocycles. The van der Waals surface area contributed by atoms with Crippen molar-refractivity contribution in [2.75, 3.05) is 13.7 Å². The molecule has 0 bridgehead atoms. The van der Waals surface area contributed by atoms with E-state index < -0.39 is 0 Å². The fourth-order valence-electron chi connectivity index (χ4n) is 4.30. The minimum absolute atomic E-state index is 0.117. The van der Waals surface area contributed by atoms with Gasteiger partial charge in [0.05, 0.1) is 25.5 Å². The Morgan fingerprint density at radius 2 is 2.00 bits per heavy atom. The van der Waals surface area contributed by atoms with Crippen LogP contribution >= 0.6 is 0 Å². The second kappa shape index (κ2) is 11.2. The van der Waals surface area contributed by atoms with Gasteiger partial charge in [0.25, 0.3) is 5.56 Å². The number of aryl methyl sites for hydroxylation is 3. The molecule has 0 spiro atoms. The van der Waals surface area contributed by atoms with Gasteiger partial charge in [0.15, 0.2) is 11.5 Å². The van der Waals surface area contributed by atoms with Gasteiger partial charge in [0.1, 0.15) is 5.65 Å². The van der Waals surface area contributed by atoms with Crippen molar-refractivity contribution in [3.05, 3.63) is 50.9 Å². The third kappa shape index (κ3) is 5.61. The minimum Gasteiger partial charge on any atom is -0.493 e. The van der Waals surface area contributed by atoms with Crippen molar-refractivity contribution in [2.24, 2.45) is 7.05 Å². The van der Waals surface area contributed by atoms with Crippen LogP contribution in [0.25, 0.3) is 11.0 Å². The third-order valence-electron chi connectivity index (χ3n) is 6.23. The first-order valence-electron chi connectivity index (χ1n) is 11.9. The molecule has 1 aromatic carbocycles. The monoisotopic (exact) mass is 468 g/mol. The summed E-state index contributed by atoms with van der Waals surface area (Å²) in [4.78, 5) is 28.2. The van der Waals surface area contributed by atoms with Crippen LogP contribution in [0.3, 0.4) is 0 Å². The van der Waals surface area contributed by atoms with Crippen molar-refractivity contribution >= 4 is 16.9 Å². The predicted octanol–water partition coefficient (Wildman–Crippen LogP) is 4.27. The number of pyridine rings is 1. The molecule has 1 unspecified atom stereocenters. The van der Waals surface area contributed by atoms with Gasteiger partial charge in [-0.05, 0) is 56.9 Å². The standard InChI is InChI=1S/C26H36N4O4/c1-7-8-9-14-34-21-12-10-19(15-22(21)33-6)17(3)27-23(31)13-11-20-16(2)24-18(4)29-30(5)25(24)28-26(20)32/h10,12,15,17H,7-9,11,13-14H2,1-6H3,(H,27,31)(H,28,32). The summed E-state index contributed by atoms with van der Waals surface area (Å²) in [6, 6.07) is 5.51. The largest absolute Gasteiger partial charge is 0.493 e. The summed E-state index contributed by atoms with van der Waals surface area (Å²) in [6.45, 7) is 8.57. The number of H-pyrrole nitrogens is 1. The lowest BCUT2D eigenvalue weighted by Crippen LogP contribution is -2.28. The van der Waals surface area contributed by atoms with Crippen LogP contribution in [-0.2, 0) is 18.3 Å². The Kier molecular flexibility index (Phi) is 8.36. The summed E-state index contributed by atoms with van der Waals surface area (Å²) in [5.74, 6) is 1.24. The number of nitrogens with one attached hydrogen (secondary N) is 2. The number of hydrogen-bond acceptors (Lipinski definition) is 5. The number of aromatic amines is 1. The van der Waals surface area contributed by atoms with Gasteiger partial charge >= 0.3 is 0 Å². The maximum Gasteiger partial charge on any atom is 0.253 e. The molecule has 2 aromatic heterocycles. The van der Waals surface area contributed by atoms with Gasteiger partial charge in [0, 0.05) is 24.4 Å². The van der Waals surface area contributed by atoms with Crippen LogP contribution in [0.4, 0.5) is 0 Å². The molecule has 34 heavy (non-hydrogen) atoms. The lowest BCUT2D eigenvalue weighted by molar-refractivity contribution is -0.121. The number of hydrogen-bond donors (Lipinski definition) is 2. The Morgan fingerprint density at radius 3 is 2.71 bits per heavy atom. The number of unbranched alkanes of at least 4 members (excludes halogenated alkanes) is 2. The van der Waals surface area contributed by atoms with Crippen molar-refractivity contribution in [3.8, 4) is 11.5 Å². The molecule has 0 radical (unpaired) electrons. The Hall–Kier alpha value is -3.29. The predicted molar refractivity (Wildman–Crippen MR) is 134 cm³/mol. The average Bonchev–Trinajstić information content (AvgIpc) is 3.09. The van der Waals surface area contributed by atoms with Crippen LogP contribution in [0.2, 0.25) is 0 Å². The number of benzene rings is 1. The zero-order chi connectivity index (χ0) is 24.8. The zero-order valence-corrected chi connectivity index (χ0v) is 21.1. The average molecular weight is 469 g/mol. The number of fused-ring (bicyclic) bond motifs is 1. The third-order valence-corrected chi connectivity index (χ3v) is 6.23. The number of carbonyl (C=O) groups excluding carboxylic acids is 1. The summed E-state index contributed by atoms with van der Waals surface area (Å²) in [5, 5.41) is 8.36. The molecule has 1 amide bonds. The Bertz CT molecular complexity index is 1210.